The molecule has 0 saturated carbocycles. The number of thiophene rings is 1. The third-order valence-electron chi connectivity index (χ3n) is 3.28. The normalized spacial score (nSPS) is 12.3. The van der Waals surface area contributed by atoms with Crippen LogP contribution in [0.25, 0.3) is 10.6 Å². The molecule has 6 heteroatoms. The van der Waals surface area contributed by atoms with Gasteiger partial charge in [-0.15, -0.1) is 11.3 Å². The molecule has 0 bridgehead atoms. The van der Waals surface area contributed by atoms with Crippen molar-refractivity contribution < 1.29 is 9.90 Å². The standard InChI is InChI=1S/C15H20N2O2S2/c1-2-3-11(4-6-18)8-16-14(19)13-9-17-15(21-13)12-5-7-20-10-12/h5,7,9-11,18H,2-4,6,8H2,1H3,(H,16,19). The van der Waals surface area contributed by atoms with Gasteiger partial charge in [0.25, 0.3) is 5.91 Å². The minimum Gasteiger partial charge on any atom is -0.396 e. The summed E-state index contributed by atoms with van der Waals surface area (Å²) in [5, 5.41) is 16.9. The van der Waals surface area contributed by atoms with E-state index in [0.717, 1.165) is 29.8 Å². The highest BCUT2D eigenvalue weighted by Crippen LogP contribution is 2.26. The van der Waals surface area contributed by atoms with Crippen molar-refractivity contribution in [2.75, 3.05) is 13.2 Å². The molecular weight excluding hydrogens is 304 g/mol. The molecule has 2 aromatic rings. The Morgan fingerprint density at radius 3 is 3.00 bits per heavy atom. The Balaban J connectivity index is 1.91. The molecule has 0 aliphatic carbocycles. The molecule has 1 atom stereocenters. The molecule has 1 unspecified atom stereocenters. The van der Waals surface area contributed by atoms with Crippen LogP contribution in [-0.2, 0) is 0 Å². The van der Waals surface area contributed by atoms with Crippen LogP contribution in [0.1, 0.15) is 35.9 Å². The first-order valence-electron chi connectivity index (χ1n) is 7.12. The van der Waals surface area contributed by atoms with Gasteiger partial charge in [-0.2, -0.15) is 11.3 Å². The Morgan fingerprint density at radius 2 is 2.33 bits per heavy atom. The Morgan fingerprint density at radius 1 is 1.48 bits per heavy atom. The van der Waals surface area contributed by atoms with Crippen molar-refractivity contribution in [2.24, 2.45) is 5.92 Å². The molecule has 0 fully saturated rings. The number of rotatable bonds is 8. The number of nitrogens with zero attached hydrogens (tertiary/aromatic N) is 1. The van der Waals surface area contributed by atoms with Gasteiger partial charge >= 0.3 is 0 Å². The van der Waals surface area contributed by atoms with Gasteiger partial charge in [0.05, 0.1) is 6.20 Å². The molecule has 114 valence electrons. The van der Waals surface area contributed by atoms with E-state index in [1.165, 1.54) is 11.3 Å². The van der Waals surface area contributed by atoms with E-state index in [2.05, 4.69) is 17.2 Å². The molecule has 1 amide bonds. The topological polar surface area (TPSA) is 62.2 Å². The van der Waals surface area contributed by atoms with Gasteiger partial charge in [-0.1, -0.05) is 13.3 Å². The predicted molar refractivity (Wildman–Crippen MR) is 87.9 cm³/mol. The van der Waals surface area contributed by atoms with Gasteiger partial charge in [-0.3, -0.25) is 4.79 Å². The summed E-state index contributed by atoms with van der Waals surface area (Å²) >= 11 is 3.03. The summed E-state index contributed by atoms with van der Waals surface area (Å²) in [6, 6.07) is 2.00. The highest BCUT2D eigenvalue weighted by atomic mass is 32.1. The molecular formula is C15H20N2O2S2. The minimum absolute atomic E-state index is 0.0759. The quantitative estimate of drug-likeness (QED) is 0.782. The Labute approximate surface area is 132 Å². The molecule has 0 radical (unpaired) electrons. The zero-order chi connectivity index (χ0) is 15.1. The van der Waals surface area contributed by atoms with E-state index in [4.69, 9.17) is 5.11 Å². The second-order valence-corrected chi connectivity index (χ2v) is 6.73. The summed E-state index contributed by atoms with van der Waals surface area (Å²) in [7, 11) is 0. The van der Waals surface area contributed by atoms with Crippen molar-refractivity contribution in [1.82, 2.24) is 10.3 Å². The molecule has 0 spiro atoms. The highest BCUT2D eigenvalue weighted by molar-refractivity contribution is 7.17. The summed E-state index contributed by atoms with van der Waals surface area (Å²) in [4.78, 5) is 17.1. The molecule has 2 rings (SSSR count). The summed E-state index contributed by atoms with van der Waals surface area (Å²) in [5.74, 6) is 0.265. The SMILES string of the molecule is CCCC(CCO)CNC(=O)c1cnc(-c2ccsc2)s1. The summed E-state index contributed by atoms with van der Waals surface area (Å²) in [5.41, 5.74) is 1.06. The predicted octanol–water partition coefficient (Wildman–Crippen LogP) is 3.40. The lowest BCUT2D eigenvalue weighted by Gasteiger charge is -2.15. The second kappa shape index (κ2) is 8.26. The van der Waals surface area contributed by atoms with Crippen molar-refractivity contribution in [3.63, 3.8) is 0 Å². The fourth-order valence-electron chi connectivity index (χ4n) is 2.16. The van der Waals surface area contributed by atoms with Crippen LogP contribution in [0.5, 0.6) is 0 Å². The van der Waals surface area contributed by atoms with Gasteiger partial charge in [0.15, 0.2) is 0 Å². The largest absolute Gasteiger partial charge is 0.396 e. The van der Waals surface area contributed by atoms with Gasteiger partial charge < -0.3 is 10.4 Å². The maximum atomic E-state index is 12.1. The Bertz CT molecular complexity index is 546. The maximum absolute atomic E-state index is 12.1. The number of aromatic nitrogens is 1. The maximum Gasteiger partial charge on any atom is 0.263 e. The van der Waals surface area contributed by atoms with Crippen LogP contribution < -0.4 is 5.32 Å². The molecule has 0 aromatic carbocycles. The van der Waals surface area contributed by atoms with Gasteiger partial charge in [0.1, 0.15) is 9.88 Å². The van der Waals surface area contributed by atoms with E-state index in [1.54, 1.807) is 17.5 Å². The van der Waals surface area contributed by atoms with Crippen LogP contribution in [0.4, 0.5) is 0 Å². The van der Waals surface area contributed by atoms with Crippen molar-refractivity contribution in [1.29, 1.82) is 0 Å². The number of hydrogen-bond acceptors (Lipinski definition) is 5. The minimum atomic E-state index is -0.0759. The first-order chi connectivity index (χ1) is 10.2. The van der Waals surface area contributed by atoms with E-state index >= 15 is 0 Å². The number of aliphatic hydroxyl groups is 1. The average Bonchev–Trinajstić information content (AvgIpc) is 3.15. The van der Waals surface area contributed by atoms with Gasteiger partial charge in [-0.25, -0.2) is 4.98 Å². The molecule has 2 heterocycles. The summed E-state index contributed by atoms with van der Waals surface area (Å²) in [6.07, 6.45) is 4.44. The van der Waals surface area contributed by atoms with Gasteiger partial charge in [0, 0.05) is 24.1 Å². The van der Waals surface area contributed by atoms with Crippen LogP contribution >= 0.6 is 22.7 Å². The monoisotopic (exact) mass is 324 g/mol. The van der Waals surface area contributed by atoms with E-state index < -0.39 is 0 Å². The smallest absolute Gasteiger partial charge is 0.263 e. The zero-order valence-corrected chi connectivity index (χ0v) is 13.7. The van der Waals surface area contributed by atoms with Crippen LogP contribution in [0, 0.1) is 5.92 Å². The molecule has 0 aliphatic heterocycles. The van der Waals surface area contributed by atoms with Crippen LogP contribution in [0.2, 0.25) is 0 Å². The van der Waals surface area contributed by atoms with E-state index in [9.17, 15) is 4.79 Å². The first kappa shape index (κ1) is 16.1. The van der Waals surface area contributed by atoms with Gasteiger partial charge in [-0.05, 0) is 30.2 Å². The zero-order valence-electron chi connectivity index (χ0n) is 12.0. The number of carbonyl (C=O) groups excluding carboxylic acids is 1. The lowest BCUT2D eigenvalue weighted by molar-refractivity contribution is 0.0946. The third-order valence-corrected chi connectivity index (χ3v) is 5.01. The fraction of sp³-hybridized carbons (Fsp3) is 0.467. The molecule has 2 N–H and O–H groups in total. The molecule has 4 nitrogen and oxygen atoms in total. The Kier molecular flexibility index (Phi) is 6.35. The van der Waals surface area contributed by atoms with Crippen molar-refractivity contribution in [3.8, 4) is 10.6 Å². The number of thiazole rings is 1. The number of hydrogen-bond donors (Lipinski definition) is 2. The van der Waals surface area contributed by atoms with Crippen LogP contribution in [-0.4, -0.2) is 29.1 Å². The number of amides is 1. The molecule has 2 aromatic heterocycles. The molecule has 0 aliphatic rings. The van der Waals surface area contributed by atoms with Crippen LogP contribution in [0.15, 0.2) is 23.0 Å². The highest BCUT2D eigenvalue weighted by Gasteiger charge is 2.14. The molecule has 0 saturated heterocycles. The summed E-state index contributed by atoms with van der Waals surface area (Å²) < 4.78 is 0. The number of nitrogens with one attached hydrogen (secondary N) is 1. The van der Waals surface area contributed by atoms with E-state index in [1.807, 2.05) is 16.8 Å². The lowest BCUT2D eigenvalue weighted by atomic mass is 10.0. The summed E-state index contributed by atoms with van der Waals surface area (Å²) in [6.45, 7) is 2.89. The second-order valence-electron chi connectivity index (χ2n) is 4.92. The fourth-order valence-corrected chi connectivity index (χ4v) is 3.71. The lowest BCUT2D eigenvalue weighted by Crippen LogP contribution is -2.29. The Hall–Kier alpha value is -1.24. The third kappa shape index (κ3) is 4.62. The van der Waals surface area contributed by atoms with Gasteiger partial charge in [0.2, 0.25) is 0 Å². The van der Waals surface area contributed by atoms with Crippen molar-refractivity contribution in [3.05, 3.63) is 27.9 Å². The average molecular weight is 324 g/mol. The van der Waals surface area contributed by atoms with Crippen molar-refractivity contribution in [2.45, 2.75) is 26.2 Å². The molecule has 21 heavy (non-hydrogen) atoms. The van der Waals surface area contributed by atoms with E-state index in [0.29, 0.717) is 17.3 Å². The van der Waals surface area contributed by atoms with Crippen LogP contribution in [0.3, 0.4) is 0 Å². The number of aliphatic hydroxyl groups excluding tert-OH is 1. The van der Waals surface area contributed by atoms with E-state index in [-0.39, 0.29) is 12.5 Å². The van der Waals surface area contributed by atoms with Crippen molar-refractivity contribution >= 4 is 28.6 Å². The first-order valence-corrected chi connectivity index (χ1v) is 8.88. The number of carbonyl (C=O) groups is 1.